The Bertz CT molecular complexity index is 1050. The number of carbonyl (C=O) groups excluding carboxylic acids is 1. The second-order valence-corrected chi connectivity index (χ2v) is 8.70. The Morgan fingerprint density at radius 3 is 2.21 bits per heavy atom. The van der Waals surface area contributed by atoms with Gasteiger partial charge in [0.25, 0.3) is 5.91 Å². The fourth-order valence-electron chi connectivity index (χ4n) is 2.82. The lowest BCUT2D eigenvalue weighted by molar-refractivity contribution is -0.193. The van der Waals surface area contributed by atoms with Crippen molar-refractivity contribution >= 4 is 34.3 Å². The van der Waals surface area contributed by atoms with E-state index >= 15 is 0 Å². The number of aromatic nitrogens is 2. The fraction of sp³-hybridized carbons (Fsp3) is 0.476. The van der Waals surface area contributed by atoms with Crippen LogP contribution in [0.1, 0.15) is 34.9 Å². The van der Waals surface area contributed by atoms with Gasteiger partial charge in [0, 0.05) is 30.9 Å². The summed E-state index contributed by atoms with van der Waals surface area (Å²) < 4.78 is 69.1. The van der Waals surface area contributed by atoms with Crippen molar-refractivity contribution in [3.8, 4) is 0 Å². The number of pyridine rings is 1. The molecule has 1 saturated carbocycles. The van der Waals surface area contributed by atoms with Crippen LogP contribution in [-0.2, 0) is 14.3 Å². The van der Waals surface area contributed by atoms with Crippen LogP contribution in [0.4, 0.5) is 31.5 Å². The molecule has 2 aliphatic rings. The molecule has 4 rings (SSSR count). The third-order valence-electron chi connectivity index (χ3n) is 4.89. The highest BCUT2D eigenvalue weighted by Gasteiger charge is 2.39. The SMILES string of the molecule is O=C(O)C(F)(F)F.O=C(O)C(F)(F)F.O=C(c1cccnc1)N1CCOCC1c1csc(NCC2CC2)n1. The summed E-state index contributed by atoms with van der Waals surface area (Å²) in [5.41, 5.74) is 1.50. The van der Waals surface area contributed by atoms with Gasteiger partial charge in [-0.3, -0.25) is 9.78 Å². The van der Waals surface area contributed by atoms with Crippen molar-refractivity contribution < 1.29 is 55.7 Å². The van der Waals surface area contributed by atoms with Crippen molar-refractivity contribution in [1.82, 2.24) is 14.9 Å². The van der Waals surface area contributed by atoms with E-state index in [4.69, 9.17) is 24.5 Å². The third-order valence-corrected chi connectivity index (χ3v) is 5.70. The Morgan fingerprint density at radius 2 is 1.71 bits per heavy atom. The van der Waals surface area contributed by atoms with Gasteiger partial charge in [-0.05, 0) is 30.9 Å². The number of nitrogens with one attached hydrogen (secondary N) is 1. The first-order chi connectivity index (χ1) is 17.7. The van der Waals surface area contributed by atoms with Gasteiger partial charge < -0.3 is 25.2 Å². The van der Waals surface area contributed by atoms with Crippen molar-refractivity contribution in [1.29, 1.82) is 0 Å². The molecule has 0 bridgehead atoms. The molecule has 2 aromatic heterocycles. The van der Waals surface area contributed by atoms with Crippen molar-refractivity contribution in [2.45, 2.75) is 31.2 Å². The van der Waals surface area contributed by atoms with Gasteiger partial charge in [-0.25, -0.2) is 14.6 Å². The molecule has 0 radical (unpaired) electrons. The average Bonchev–Trinajstić information content (AvgIpc) is 3.57. The predicted molar refractivity (Wildman–Crippen MR) is 120 cm³/mol. The Hall–Kier alpha value is -3.47. The van der Waals surface area contributed by atoms with Gasteiger partial charge in [-0.1, -0.05) is 0 Å². The first-order valence-electron chi connectivity index (χ1n) is 10.8. The third kappa shape index (κ3) is 10.1. The molecule has 0 spiro atoms. The lowest BCUT2D eigenvalue weighted by Gasteiger charge is -2.34. The number of carboxylic acids is 2. The van der Waals surface area contributed by atoms with Gasteiger partial charge in [0.1, 0.15) is 0 Å². The van der Waals surface area contributed by atoms with E-state index in [9.17, 15) is 31.1 Å². The van der Waals surface area contributed by atoms with Gasteiger partial charge in [-0.15, -0.1) is 11.3 Å². The van der Waals surface area contributed by atoms with Crippen LogP contribution in [0.2, 0.25) is 0 Å². The van der Waals surface area contributed by atoms with Gasteiger partial charge >= 0.3 is 24.3 Å². The standard InChI is InChI=1S/C17H20N4O2S.2C2HF3O2/c22-16(13-2-1-5-18-9-13)21-6-7-23-10-15(21)14-11-24-17(20-14)19-8-12-3-4-12;2*3-2(4,5)1(6)7/h1-2,5,9,11-12,15H,3-4,6-8,10H2,(H,19,20);2*(H,6,7). The van der Waals surface area contributed by atoms with E-state index in [0.717, 1.165) is 23.3 Å². The normalized spacial score (nSPS) is 17.3. The highest BCUT2D eigenvalue weighted by atomic mass is 32.1. The van der Waals surface area contributed by atoms with Crippen LogP contribution in [0, 0.1) is 5.92 Å². The summed E-state index contributed by atoms with van der Waals surface area (Å²) in [6.07, 6.45) is -4.26. The number of halogens is 6. The number of morpholine rings is 1. The Morgan fingerprint density at radius 1 is 1.11 bits per heavy atom. The van der Waals surface area contributed by atoms with Crippen LogP contribution < -0.4 is 5.32 Å². The Labute approximate surface area is 215 Å². The summed E-state index contributed by atoms with van der Waals surface area (Å²) in [5.74, 6) is -4.73. The molecule has 1 aliphatic heterocycles. The molecule has 10 nitrogen and oxygen atoms in total. The van der Waals surface area contributed by atoms with E-state index in [0.29, 0.717) is 25.3 Å². The zero-order valence-electron chi connectivity index (χ0n) is 19.3. The molecule has 1 saturated heterocycles. The van der Waals surface area contributed by atoms with E-state index in [1.807, 2.05) is 10.3 Å². The number of carbonyl (C=O) groups is 3. The Balaban J connectivity index is 0.000000301. The first-order valence-corrected chi connectivity index (χ1v) is 11.7. The highest BCUT2D eigenvalue weighted by Crippen LogP contribution is 2.31. The van der Waals surface area contributed by atoms with Crippen molar-refractivity contribution in [2.24, 2.45) is 5.92 Å². The predicted octanol–water partition coefficient (Wildman–Crippen LogP) is 3.84. The number of hydrogen-bond donors (Lipinski definition) is 3. The molecule has 2 aromatic rings. The minimum absolute atomic E-state index is 0.0168. The monoisotopic (exact) mass is 572 g/mol. The number of carboxylic acid groups (broad SMARTS) is 2. The Kier molecular flexibility index (Phi) is 10.8. The minimum atomic E-state index is -5.08. The highest BCUT2D eigenvalue weighted by molar-refractivity contribution is 7.13. The van der Waals surface area contributed by atoms with Crippen LogP contribution >= 0.6 is 11.3 Å². The summed E-state index contributed by atoms with van der Waals surface area (Å²) in [5, 5.41) is 20.6. The number of aliphatic carboxylic acids is 2. The summed E-state index contributed by atoms with van der Waals surface area (Å²) in [6.45, 7) is 2.60. The fourth-order valence-corrected chi connectivity index (χ4v) is 3.59. The van der Waals surface area contributed by atoms with E-state index in [-0.39, 0.29) is 11.9 Å². The molecule has 2 fully saturated rings. The van der Waals surface area contributed by atoms with Gasteiger partial charge in [0.15, 0.2) is 5.13 Å². The summed E-state index contributed by atoms with van der Waals surface area (Å²) in [7, 11) is 0. The molecular formula is C21H22F6N4O6S. The number of nitrogens with zero attached hydrogens (tertiary/aromatic N) is 3. The van der Waals surface area contributed by atoms with E-state index in [2.05, 4.69) is 15.3 Å². The second-order valence-electron chi connectivity index (χ2n) is 7.84. The lowest BCUT2D eigenvalue weighted by atomic mass is 10.1. The average molecular weight is 572 g/mol. The minimum Gasteiger partial charge on any atom is -0.475 e. The van der Waals surface area contributed by atoms with Gasteiger partial charge in [0.05, 0.1) is 30.5 Å². The van der Waals surface area contributed by atoms with E-state index in [1.54, 1.807) is 35.9 Å². The zero-order chi connectivity index (χ0) is 28.5. The smallest absolute Gasteiger partial charge is 0.475 e. The first kappa shape index (κ1) is 30.8. The lowest BCUT2D eigenvalue weighted by Crippen LogP contribution is -2.43. The summed E-state index contributed by atoms with van der Waals surface area (Å²) >= 11 is 1.59. The van der Waals surface area contributed by atoms with Gasteiger partial charge in [0.2, 0.25) is 0 Å². The number of hydrogen-bond acceptors (Lipinski definition) is 8. The quantitative estimate of drug-likeness (QED) is 0.456. The van der Waals surface area contributed by atoms with Crippen LogP contribution in [0.25, 0.3) is 0 Å². The molecule has 3 heterocycles. The number of ether oxygens (including phenoxy) is 1. The number of rotatable bonds is 5. The van der Waals surface area contributed by atoms with Crippen molar-refractivity contribution in [3.63, 3.8) is 0 Å². The topological polar surface area (TPSA) is 142 Å². The molecule has 1 unspecified atom stereocenters. The van der Waals surface area contributed by atoms with Crippen LogP contribution in [-0.4, -0.2) is 81.6 Å². The van der Waals surface area contributed by atoms with E-state index < -0.39 is 24.3 Å². The molecule has 3 N–H and O–H groups in total. The zero-order valence-corrected chi connectivity index (χ0v) is 20.1. The summed E-state index contributed by atoms with van der Waals surface area (Å²) in [4.78, 5) is 41.2. The van der Waals surface area contributed by atoms with E-state index in [1.165, 1.54) is 12.8 Å². The molecule has 0 aromatic carbocycles. The molecule has 210 valence electrons. The molecular weight excluding hydrogens is 550 g/mol. The van der Waals surface area contributed by atoms with Crippen LogP contribution in [0.3, 0.4) is 0 Å². The maximum absolute atomic E-state index is 12.8. The summed E-state index contributed by atoms with van der Waals surface area (Å²) in [6, 6.07) is 3.44. The molecule has 1 atom stereocenters. The maximum Gasteiger partial charge on any atom is 0.490 e. The van der Waals surface area contributed by atoms with Crippen LogP contribution in [0.5, 0.6) is 0 Å². The number of anilines is 1. The van der Waals surface area contributed by atoms with Crippen molar-refractivity contribution in [3.05, 3.63) is 41.2 Å². The van der Waals surface area contributed by atoms with Gasteiger partial charge in [-0.2, -0.15) is 26.3 Å². The largest absolute Gasteiger partial charge is 0.490 e. The number of thiazole rings is 1. The number of alkyl halides is 6. The second kappa shape index (κ2) is 13.4. The number of amides is 1. The maximum atomic E-state index is 12.8. The van der Waals surface area contributed by atoms with Crippen LogP contribution in [0.15, 0.2) is 29.9 Å². The van der Waals surface area contributed by atoms with Crippen molar-refractivity contribution in [2.75, 3.05) is 31.6 Å². The molecule has 1 amide bonds. The molecule has 38 heavy (non-hydrogen) atoms. The molecule has 17 heteroatoms. The molecule has 1 aliphatic carbocycles.